The maximum absolute atomic E-state index is 12.5. The molecule has 160 valence electrons. The van der Waals surface area contributed by atoms with Crippen LogP contribution in [0.1, 0.15) is 41.1 Å². The summed E-state index contributed by atoms with van der Waals surface area (Å²) in [7, 11) is 0. The van der Waals surface area contributed by atoms with Crippen LogP contribution in [-0.2, 0) is 26.4 Å². The summed E-state index contributed by atoms with van der Waals surface area (Å²) in [5, 5.41) is 0. The Kier molecular flexibility index (Phi) is 5.33. The highest BCUT2D eigenvalue weighted by Gasteiger charge is 2.44. The zero-order chi connectivity index (χ0) is 22.0. The van der Waals surface area contributed by atoms with Crippen LogP contribution in [0.25, 0.3) is 0 Å². The van der Waals surface area contributed by atoms with Gasteiger partial charge in [-0.15, -0.1) is 0 Å². The number of imidazole rings is 1. The van der Waals surface area contributed by atoms with E-state index in [9.17, 15) is 4.79 Å². The van der Waals surface area contributed by atoms with Crippen molar-refractivity contribution in [1.29, 1.82) is 0 Å². The molecule has 0 saturated heterocycles. The third-order valence-electron chi connectivity index (χ3n) is 5.97. The van der Waals surface area contributed by atoms with Crippen LogP contribution >= 0.6 is 0 Å². The van der Waals surface area contributed by atoms with Gasteiger partial charge in [0, 0.05) is 0 Å². The Balaban J connectivity index is 1.80. The fourth-order valence-electron chi connectivity index (χ4n) is 4.63. The number of fused-ring (bicyclic) bond motifs is 1. The number of rotatable bonds is 6. The van der Waals surface area contributed by atoms with Gasteiger partial charge in [0.25, 0.3) is 0 Å². The van der Waals surface area contributed by atoms with Gasteiger partial charge in [0.05, 0.1) is 25.2 Å². The van der Waals surface area contributed by atoms with Crippen LogP contribution in [0, 0.1) is 0 Å². The van der Waals surface area contributed by atoms with Crippen LogP contribution in [-0.4, -0.2) is 22.1 Å². The molecule has 0 fully saturated rings. The van der Waals surface area contributed by atoms with E-state index in [2.05, 4.69) is 45.9 Å². The van der Waals surface area contributed by atoms with Crippen LogP contribution in [0.3, 0.4) is 0 Å². The lowest BCUT2D eigenvalue weighted by molar-refractivity contribution is -0.156. The molecular weight excluding hydrogens is 400 g/mol. The minimum absolute atomic E-state index is 0.285. The normalized spacial score (nSPS) is 15.3. The number of benzene rings is 3. The van der Waals surface area contributed by atoms with Crippen molar-refractivity contribution in [2.24, 2.45) is 0 Å². The van der Waals surface area contributed by atoms with Crippen LogP contribution in [0.5, 0.6) is 0 Å². The van der Waals surface area contributed by atoms with Gasteiger partial charge in [0.2, 0.25) is 0 Å². The van der Waals surface area contributed by atoms with Gasteiger partial charge in [0.15, 0.2) is 6.10 Å². The summed E-state index contributed by atoms with van der Waals surface area (Å²) < 4.78 is 13.2. The monoisotopic (exact) mass is 424 g/mol. The minimum atomic E-state index is -0.800. The average Bonchev–Trinajstić information content (AvgIpc) is 3.45. The number of esters is 1. The summed E-state index contributed by atoms with van der Waals surface area (Å²) in [6.45, 7) is 2.38. The number of carbonyl (C=O) groups excluding carboxylic acids is 1. The van der Waals surface area contributed by atoms with Crippen LogP contribution in [0.2, 0.25) is 0 Å². The lowest BCUT2D eigenvalue weighted by atomic mass is 9.76. The molecule has 5 heteroatoms. The molecule has 0 radical (unpaired) electrons. The van der Waals surface area contributed by atoms with Gasteiger partial charge in [-0.1, -0.05) is 91.0 Å². The standard InChI is InChI=1S/C27H24N2O3/c1-2-31-26(30)25-24-23(18-32-25)29(19-28-24)27(20-12-6-3-7-13-20,21-14-8-4-9-15-21)22-16-10-5-11-17-22/h3-17,19,25H,2,18H2,1H3. The summed E-state index contributed by atoms with van der Waals surface area (Å²) in [6.07, 6.45) is 1.03. The van der Waals surface area contributed by atoms with Crippen molar-refractivity contribution in [3.8, 4) is 0 Å². The van der Waals surface area contributed by atoms with E-state index >= 15 is 0 Å². The molecule has 32 heavy (non-hydrogen) atoms. The fourth-order valence-corrected chi connectivity index (χ4v) is 4.63. The number of ether oxygens (including phenoxy) is 2. The number of hydrogen-bond acceptors (Lipinski definition) is 4. The molecule has 0 bridgehead atoms. The molecule has 1 aromatic heterocycles. The zero-order valence-electron chi connectivity index (χ0n) is 17.8. The van der Waals surface area contributed by atoms with Gasteiger partial charge < -0.3 is 14.0 Å². The van der Waals surface area contributed by atoms with Crippen molar-refractivity contribution in [3.05, 3.63) is 125 Å². The molecule has 0 N–H and O–H groups in total. The smallest absolute Gasteiger partial charge is 0.341 e. The van der Waals surface area contributed by atoms with Gasteiger partial charge in [-0.25, -0.2) is 9.78 Å². The first-order valence-corrected chi connectivity index (χ1v) is 10.8. The second-order valence-electron chi connectivity index (χ2n) is 7.70. The van der Waals surface area contributed by atoms with Crippen LogP contribution in [0.15, 0.2) is 97.3 Å². The molecule has 0 amide bonds. The molecule has 2 heterocycles. The third kappa shape index (κ3) is 3.13. The molecule has 1 atom stereocenters. The van der Waals surface area contributed by atoms with Gasteiger partial charge in [-0.05, 0) is 23.6 Å². The van der Waals surface area contributed by atoms with E-state index in [1.807, 2.05) is 60.9 Å². The van der Waals surface area contributed by atoms with E-state index < -0.39 is 17.6 Å². The molecule has 4 aromatic rings. The maximum atomic E-state index is 12.5. The molecule has 5 rings (SSSR count). The van der Waals surface area contributed by atoms with Gasteiger partial charge >= 0.3 is 5.97 Å². The van der Waals surface area contributed by atoms with E-state index in [0.717, 1.165) is 22.4 Å². The second kappa shape index (κ2) is 8.44. The molecule has 3 aromatic carbocycles. The first kappa shape index (κ1) is 20.2. The van der Waals surface area contributed by atoms with Crippen LogP contribution in [0.4, 0.5) is 0 Å². The maximum Gasteiger partial charge on any atom is 0.341 e. The summed E-state index contributed by atoms with van der Waals surface area (Å²) in [4.78, 5) is 17.1. The Morgan fingerprint density at radius 3 is 1.91 bits per heavy atom. The summed E-state index contributed by atoms with van der Waals surface area (Å²) in [5.41, 5.74) is 4.10. The topological polar surface area (TPSA) is 53.4 Å². The number of carbonyl (C=O) groups is 1. The highest BCUT2D eigenvalue weighted by Crippen LogP contribution is 2.44. The Bertz CT molecular complexity index is 1110. The Labute approximate surface area is 187 Å². The lowest BCUT2D eigenvalue weighted by Gasteiger charge is -2.38. The van der Waals surface area contributed by atoms with Crippen molar-refractivity contribution in [1.82, 2.24) is 9.55 Å². The SMILES string of the molecule is CCOC(=O)C1OCc2c1ncn2C(c1ccccc1)(c1ccccc1)c1ccccc1. The largest absolute Gasteiger partial charge is 0.464 e. The van der Waals surface area contributed by atoms with Gasteiger partial charge in [-0.3, -0.25) is 0 Å². The Morgan fingerprint density at radius 1 is 0.938 bits per heavy atom. The lowest BCUT2D eigenvalue weighted by Crippen LogP contribution is -2.38. The fraction of sp³-hybridized carbons (Fsp3) is 0.185. The summed E-state index contributed by atoms with van der Waals surface area (Å²) >= 11 is 0. The molecule has 1 aliphatic rings. The minimum Gasteiger partial charge on any atom is -0.464 e. The predicted molar refractivity (Wildman–Crippen MR) is 121 cm³/mol. The van der Waals surface area contributed by atoms with E-state index in [4.69, 9.17) is 9.47 Å². The predicted octanol–water partition coefficient (Wildman–Crippen LogP) is 4.86. The zero-order valence-corrected chi connectivity index (χ0v) is 17.8. The molecule has 0 aliphatic carbocycles. The summed E-state index contributed by atoms with van der Waals surface area (Å²) in [5.74, 6) is -0.402. The van der Waals surface area contributed by atoms with Crippen molar-refractivity contribution in [3.63, 3.8) is 0 Å². The Morgan fingerprint density at radius 2 is 1.44 bits per heavy atom. The van der Waals surface area contributed by atoms with E-state index in [-0.39, 0.29) is 6.61 Å². The van der Waals surface area contributed by atoms with Gasteiger partial charge in [0.1, 0.15) is 11.2 Å². The van der Waals surface area contributed by atoms with E-state index in [0.29, 0.717) is 12.3 Å². The van der Waals surface area contributed by atoms with E-state index in [1.165, 1.54) is 0 Å². The number of aromatic nitrogens is 2. The van der Waals surface area contributed by atoms with Crippen molar-refractivity contribution in [2.45, 2.75) is 25.2 Å². The quantitative estimate of drug-likeness (QED) is 0.328. The third-order valence-corrected chi connectivity index (χ3v) is 5.97. The highest BCUT2D eigenvalue weighted by atomic mass is 16.6. The van der Waals surface area contributed by atoms with Gasteiger partial charge in [-0.2, -0.15) is 0 Å². The molecule has 0 saturated carbocycles. The molecule has 5 nitrogen and oxygen atoms in total. The first-order chi connectivity index (χ1) is 15.8. The number of hydrogen-bond donors (Lipinski definition) is 0. The molecule has 0 spiro atoms. The average molecular weight is 425 g/mol. The van der Waals surface area contributed by atoms with Crippen molar-refractivity contribution >= 4 is 5.97 Å². The van der Waals surface area contributed by atoms with E-state index in [1.54, 1.807) is 6.92 Å². The second-order valence-corrected chi connectivity index (χ2v) is 7.70. The number of nitrogens with zero attached hydrogens (tertiary/aromatic N) is 2. The van der Waals surface area contributed by atoms with Crippen molar-refractivity contribution in [2.75, 3.05) is 6.61 Å². The first-order valence-electron chi connectivity index (χ1n) is 10.8. The molecular formula is C27H24N2O3. The molecule has 1 unspecified atom stereocenters. The van der Waals surface area contributed by atoms with Crippen molar-refractivity contribution < 1.29 is 14.3 Å². The summed E-state index contributed by atoms with van der Waals surface area (Å²) in [6, 6.07) is 31.1. The van der Waals surface area contributed by atoms with Crippen LogP contribution < -0.4 is 0 Å². The highest BCUT2D eigenvalue weighted by molar-refractivity contribution is 5.77. The molecule has 1 aliphatic heterocycles. The Hall–Kier alpha value is -3.70.